The van der Waals surface area contributed by atoms with Crippen molar-refractivity contribution >= 4 is 10.0 Å². The van der Waals surface area contributed by atoms with Crippen LogP contribution in [-0.4, -0.2) is 31.9 Å². The zero-order valence-electron chi connectivity index (χ0n) is 15.3. The van der Waals surface area contributed by atoms with E-state index >= 15 is 0 Å². The Balaban J connectivity index is 1.85. The van der Waals surface area contributed by atoms with E-state index < -0.39 is 16.1 Å². The Morgan fingerprint density at radius 3 is 2.44 bits per heavy atom. The lowest BCUT2D eigenvalue weighted by molar-refractivity contribution is 0.468. The van der Waals surface area contributed by atoms with Crippen molar-refractivity contribution in [2.45, 2.75) is 31.6 Å². The number of rotatable bonds is 4. The molecule has 1 heterocycles. The molecule has 1 saturated heterocycles. The standard InChI is InChI=1S/C20H22FN3O2S/c1-13-7-15(9-22)8-14(2)18(13)12-27(25,26)24-10-17(20(23)11-24)16-5-3-4-6-19(16)21/h3-8,17,20H,10-12,23H2,1-2H3/t17-,20+/m0/s1. The second kappa shape index (κ2) is 7.39. The average Bonchev–Trinajstić information content (AvgIpc) is 3.01. The van der Waals surface area contributed by atoms with Gasteiger partial charge < -0.3 is 5.73 Å². The maximum absolute atomic E-state index is 14.1. The van der Waals surface area contributed by atoms with Crippen molar-refractivity contribution in [2.75, 3.05) is 13.1 Å². The first-order valence-electron chi connectivity index (χ1n) is 8.71. The Morgan fingerprint density at radius 2 is 1.85 bits per heavy atom. The normalized spacial score (nSPS) is 20.6. The molecule has 3 rings (SSSR count). The van der Waals surface area contributed by atoms with Crippen molar-refractivity contribution in [1.82, 2.24) is 4.31 Å². The summed E-state index contributed by atoms with van der Waals surface area (Å²) >= 11 is 0. The first-order valence-corrected chi connectivity index (χ1v) is 10.3. The number of sulfonamides is 1. The van der Waals surface area contributed by atoms with Crippen molar-refractivity contribution in [3.63, 3.8) is 0 Å². The highest BCUT2D eigenvalue weighted by Crippen LogP contribution is 2.31. The number of hydrogen-bond acceptors (Lipinski definition) is 4. The lowest BCUT2D eigenvalue weighted by Gasteiger charge is -2.19. The van der Waals surface area contributed by atoms with Crippen molar-refractivity contribution in [3.8, 4) is 6.07 Å². The summed E-state index contributed by atoms with van der Waals surface area (Å²) < 4.78 is 41.4. The molecular weight excluding hydrogens is 365 g/mol. The van der Waals surface area contributed by atoms with Gasteiger partial charge in [-0.1, -0.05) is 18.2 Å². The SMILES string of the molecule is Cc1cc(C#N)cc(C)c1CS(=O)(=O)N1C[C@@H](N)[C@H](c2ccccc2F)C1. The highest BCUT2D eigenvalue weighted by molar-refractivity contribution is 7.88. The number of hydrogen-bond donors (Lipinski definition) is 1. The minimum Gasteiger partial charge on any atom is -0.326 e. The van der Waals surface area contributed by atoms with Crippen LogP contribution in [0.5, 0.6) is 0 Å². The van der Waals surface area contributed by atoms with E-state index in [-0.39, 0.29) is 30.6 Å². The first kappa shape index (κ1) is 19.5. The van der Waals surface area contributed by atoms with E-state index in [0.717, 1.165) is 11.1 Å². The lowest BCUT2D eigenvalue weighted by atomic mass is 9.94. The molecule has 2 atom stereocenters. The van der Waals surface area contributed by atoms with Crippen molar-refractivity contribution < 1.29 is 12.8 Å². The van der Waals surface area contributed by atoms with Crippen LogP contribution >= 0.6 is 0 Å². The Bertz CT molecular complexity index is 991. The summed E-state index contributed by atoms with van der Waals surface area (Å²) in [6.45, 7) is 3.93. The van der Waals surface area contributed by atoms with Gasteiger partial charge in [-0.15, -0.1) is 0 Å². The quantitative estimate of drug-likeness (QED) is 0.873. The minimum absolute atomic E-state index is 0.160. The number of nitrogens with zero attached hydrogens (tertiary/aromatic N) is 2. The molecule has 1 fully saturated rings. The molecule has 2 aromatic carbocycles. The monoisotopic (exact) mass is 387 g/mol. The van der Waals surface area contributed by atoms with Crippen LogP contribution in [0.25, 0.3) is 0 Å². The average molecular weight is 387 g/mol. The van der Waals surface area contributed by atoms with Gasteiger partial charge in [0.1, 0.15) is 5.82 Å². The number of halogens is 1. The molecule has 0 unspecified atom stereocenters. The Kier molecular flexibility index (Phi) is 5.33. The predicted molar refractivity (Wildman–Crippen MR) is 102 cm³/mol. The molecule has 0 radical (unpaired) electrons. The molecule has 0 spiro atoms. The Labute approximate surface area is 159 Å². The molecule has 0 amide bonds. The van der Waals surface area contributed by atoms with Gasteiger partial charge in [-0.2, -0.15) is 9.57 Å². The zero-order valence-corrected chi connectivity index (χ0v) is 16.1. The third-order valence-electron chi connectivity index (χ3n) is 5.18. The van der Waals surface area contributed by atoms with E-state index in [9.17, 15) is 12.8 Å². The minimum atomic E-state index is -3.62. The van der Waals surface area contributed by atoms with Crippen LogP contribution in [0.4, 0.5) is 4.39 Å². The van der Waals surface area contributed by atoms with E-state index in [0.29, 0.717) is 16.7 Å². The summed E-state index contributed by atoms with van der Waals surface area (Å²) in [7, 11) is -3.62. The molecule has 142 valence electrons. The van der Waals surface area contributed by atoms with Crippen molar-refractivity contribution in [2.24, 2.45) is 5.73 Å². The predicted octanol–water partition coefficient (Wildman–Crippen LogP) is 2.57. The fraction of sp³-hybridized carbons (Fsp3) is 0.350. The van der Waals surface area contributed by atoms with Gasteiger partial charge in [0.2, 0.25) is 10.0 Å². The van der Waals surface area contributed by atoms with Gasteiger partial charge in [0, 0.05) is 25.0 Å². The van der Waals surface area contributed by atoms with E-state index in [1.807, 2.05) is 0 Å². The maximum Gasteiger partial charge on any atom is 0.218 e. The van der Waals surface area contributed by atoms with Crippen molar-refractivity contribution in [1.29, 1.82) is 5.26 Å². The fourth-order valence-electron chi connectivity index (χ4n) is 3.68. The van der Waals surface area contributed by atoms with Crippen LogP contribution in [0, 0.1) is 31.0 Å². The Morgan fingerprint density at radius 1 is 1.22 bits per heavy atom. The highest BCUT2D eigenvalue weighted by atomic mass is 32.2. The Hall–Kier alpha value is -2.27. The molecule has 0 aliphatic carbocycles. The van der Waals surface area contributed by atoms with E-state index in [4.69, 9.17) is 11.0 Å². The van der Waals surface area contributed by atoms with Crippen LogP contribution in [0.2, 0.25) is 0 Å². The summed E-state index contributed by atoms with van der Waals surface area (Å²) in [5.41, 5.74) is 9.34. The molecular formula is C20H22FN3O2S. The number of nitrogens with two attached hydrogens (primary N) is 1. The molecule has 2 N–H and O–H groups in total. The molecule has 1 aliphatic rings. The van der Waals surface area contributed by atoms with Crippen LogP contribution < -0.4 is 5.73 Å². The van der Waals surface area contributed by atoms with Gasteiger partial charge >= 0.3 is 0 Å². The van der Waals surface area contributed by atoms with Crippen LogP contribution in [0.1, 0.15) is 33.7 Å². The van der Waals surface area contributed by atoms with Gasteiger partial charge in [-0.25, -0.2) is 12.8 Å². The van der Waals surface area contributed by atoms with E-state index in [2.05, 4.69) is 6.07 Å². The lowest BCUT2D eigenvalue weighted by Crippen LogP contribution is -2.33. The van der Waals surface area contributed by atoms with Gasteiger partial charge in [-0.05, 0) is 54.3 Å². The molecule has 1 aliphatic heterocycles. The summed E-state index contributed by atoms with van der Waals surface area (Å²) in [5.74, 6) is -0.896. The second-order valence-electron chi connectivity index (χ2n) is 7.07. The van der Waals surface area contributed by atoms with Crippen LogP contribution in [0.3, 0.4) is 0 Å². The molecule has 27 heavy (non-hydrogen) atoms. The number of benzene rings is 2. The summed E-state index contributed by atoms with van der Waals surface area (Å²) in [4.78, 5) is 0. The summed E-state index contributed by atoms with van der Waals surface area (Å²) in [5, 5.41) is 9.05. The molecule has 7 heteroatoms. The first-order chi connectivity index (χ1) is 12.7. The van der Waals surface area contributed by atoms with Crippen molar-refractivity contribution in [3.05, 3.63) is 70.0 Å². The third kappa shape index (κ3) is 3.88. The van der Waals surface area contributed by atoms with Crippen LogP contribution in [-0.2, 0) is 15.8 Å². The van der Waals surface area contributed by atoms with Crippen LogP contribution in [0.15, 0.2) is 36.4 Å². The molecule has 0 aromatic heterocycles. The third-order valence-corrected chi connectivity index (χ3v) is 6.92. The largest absolute Gasteiger partial charge is 0.326 e. The topological polar surface area (TPSA) is 87.2 Å². The van der Waals surface area contributed by atoms with E-state index in [1.165, 1.54) is 10.4 Å². The van der Waals surface area contributed by atoms with E-state index in [1.54, 1.807) is 44.2 Å². The van der Waals surface area contributed by atoms with Gasteiger partial charge in [0.15, 0.2) is 0 Å². The smallest absolute Gasteiger partial charge is 0.218 e. The summed E-state index contributed by atoms with van der Waals surface area (Å²) in [6.07, 6.45) is 0. The molecule has 0 bridgehead atoms. The fourth-order valence-corrected chi connectivity index (χ4v) is 5.47. The number of aryl methyl sites for hydroxylation is 2. The van der Waals surface area contributed by atoms with Gasteiger partial charge in [0.05, 0.1) is 17.4 Å². The highest BCUT2D eigenvalue weighted by Gasteiger charge is 2.38. The summed E-state index contributed by atoms with van der Waals surface area (Å²) in [6, 6.07) is 11.3. The number of nitriles is 1. The molecule has 0 saturated carbocycles. The van der Waals surface area contributed by atoms with Gasteiger partial charge in [0.25, 0.3) is 0 Å². The molecule has 5 nitrogen and oxygen atoms in total. The second-order valence-corrected chi connectivity index (χ2v) is 9.03. The maximum atomic E-state index is 14.1. The molecule has 2 aromatic rings. The zero-order chi connectivity index (χ0) is 19.8. The van der Waals surface area contributed by atoms with Gasteiger partial charge in [-0.3, -0.25) is 0 Å².